The number of amides is 2. The van der Waals surface area contributed by atoms with Crippen LogP contribution in [0.1, 0.15) is 5.56 Å². The fourth-order valence-corrected chi connectivity index (χ4v) is 3.83. The second kappa shape index (κ2) is 8.00. The molecular formula is C17H24N4O2S. The molecule has 0 aliphatic carbocycles. The van der Waals surface area contributed by atoms with Gasteiger partial charge < -0.3 is 15.1 Å². The van der Waals surface area contributed by atoms with Gasteiger partial charge in [0.05, 0.1) is 11.6 Å². The van der Waals surface area contributed by atoms with Crippen LogP contribution in [0.3, 0.4) is 0 Å². The van der Waals surface area contributed by atoms with E-state index in [0.717, 1.165) is 38.4 Å². The quantitative estimate of drug-likeness (QED) is 0.857. The number of hydrogen-bond acceptors (Lipinski definition) is 5. The molecule has 2 fully saturated rings. The van der Waals surface area contributed by atoms with Gasteiger partial charge in [0.2, 0.25) is 11.8 Å². The summed E-state index contributed by atoms with van der Waals surface area (Å²) >= 11 is 1.55. The summed E-state index contributed by atoms with van der Waals surface area (Å²) < 4.78 is 0. The number of nitrogens with zero attached hydrogens (tertiary/aromatic N) is 3. The van der Waals surface area contributed by atoms with Gasteiger partial charge in [-0.2, -0.15) is 0 Å². The normalized spacial score (nSPS) is 19.7. The zero-order chi connectivity index (χ0) is 16.9. The molecule has 2 saturated heterocycles. The summed E-state index contributed by atoms with van der Waals surface area (Å²) in [5.41, 5.74) is 2.00. The number of benzene rings is 1. The molecule has 0 atom stereocenters. The predicted molar refractivity (Wildman–Crippen MR) is 96.9 cm³/mol. The van der Waals surface area contributed by atoms with Crippen LogP contribution in [0, 0.1) is 0 Å². The third-order valence-electron chi connectivity index (χ3n) is 4.37. The zero-order valence-corrected chi connectivity index (χ0v) is 14.8. The lowest BCUT2D eigenvalue weighted by Gasteiger charge is -2.32. The van der Waals surface area contributed by atoms with E-state index in [9.17, 15) is 9.59 Å². The second-order valence-electron chi connectivity index (χ2n) is 6.40. The molecule has 0 spiro atoms. The van der Waals surface area contributed by atoms with E-state index in [1.54, 1.807) is 16.7 Å². The highest BCUT2D eigenvalue weighted by Gasteiger charge is 2.22. The molecule has 24 heavy (non-hydrogen) atoms. The highest BCUT2D eigenvalue weighted by atomic mass is 32.2. The largest absolute Gasteiger partial charge is 0.325 e. The summed E-state index contributed by atoms with van der Waals surface area (Å²) in [5, 5.41) is 2.91. The molecule has 1 N–H and O–H groups in total. The molecule has 130 valence electrons. The highest BCUT2D eigenvalue weighted by molar-refractivity contribution is 8.00. The van der Waals surface area contributed by atoms with Crippen LogP contribution in [0.2, 0.25) is 0 Å². The Morgan fingerprint density at radius 2 is 2.04 bits per heavy atom. The van der Waals surface area contributed by atoms with Crippen molar-refractivity contribution in [1.29, 1.82) is 0 Å². The van der Waals surface area contributed by atoms with E-state index in [2.05, 4.69) is 28.2 Å². The Hall–Kier alpha value is -1.57. The van der Waals surface area contributed by atoms with Crippen LogP contribution in [0.5, 0.6) is 0 Å². The van der Waals surface area contributed by atoms with Crippen molar-refractivity contribution >= 4 is 29.3 Å². The van der Waals surface area contributed by atoms with E-state index in [0.29, 0.717) is 11.6 Å². The van der Waals surface area contributed by atoms with Crippen molar-refractivity contribution in [3.05, 3.63) is 29.8 Å². The van der Waals surface area contributed by atoms with Crippen LogP contribution < -0.4 is 5.32 Å². The van der Waals surface area contributed by atoms with Gasteiger partial charge in [-0.3, -0.25) is 14.5 Å². The van der Waals surface area contributed by atoms with E-state index in [-0.39, 0.29) is 18.4 Å². The average molecular weight is 348 g/mol. The average Bonchev–Trinajstić information content (AvgIpc) is 2.95. The number of likely N-dealkylation sites (N-methyl/N-ethyl adjacent to an activating group) is 1. The Morgan fingerprint density at radius 1 is 1.25 bits per heavy atom. The fourth-order valence-electron chi connectivity index (χ4n) is 2.93. The van der Waals surface area contributed by atoms with Gasteiger partial charge in [0.25, 0.3) is 0 Å². The molecule has 2 amide bonds. The number of rotatable bonds is 5. The third-order valence-corrected chi connectivity index (χ3v) is 5.32. The summed E-state index contributed by atoms with van der Waals surface area (Å²) in [4.78, 5) is 30.1. The lowest BCUT2D eigenvalue weighted by atomic mass is 10.1. The van der Waals surface area contributed by atoms with Crippen molar-refractivity contribution < 1.29 is 9.59 Å². The number of anilines is 1. The Labute approximate surface area is 147 Å². The maximum Gasteiger partial charge on any atom is 0.244 e. The number of carbonyl (C=O) groups excluding carboxylic acids is 2. The minimum Gasteiger partial charge on any atom is -0.325 e. The van der Waals surface area contributed by atoms with Crippen molar-refractivity contribution in [2.45, 2.75) is 6.54 Å². The van der Waals surface area contributed by atoms with Crippen LogP contribution in [0.25, 0.3) is 0 Å². The van der Waals surface area contributed by atoms with E-state index >= 15 is 0 Å². The van der Waals surface area contributed by atoms with E-state index in [1.165, 1.54) is 5.56 Å². The molecule has 6 nitrogen and oxygen atoms in total. The summed E-state index contributed by atoms with van der Waals surface area (Å²) in [5.74, 6) is 0.991. The van der Waals surface area contributed by atoms with Gasteiger partial charge in [0.1, 0.15) is 6.54 Å². The lowest BCUT2D eigenvalue weighted by molar-refractivity contribution is -0.130. The molecular weight excluding hydrogens is 324 g/mol. The van der Waals surface area contributed by atoms with Gasteiger partial charge in [0, 0.05) is 38.4 Å². The first-order valence-corrected chi connectivity index (χ1v) is 9.41. The molecule has 2 aliphatic heterocycles. The summed E-state index contributed by atoms with van der Waals surface area (Å²) in [6, 6.07) is 7.98. The Bertz CT molecular complexity index is 602. The first kappa shape index (κ1) is 17.3. The molecule has 0 radical (unpaired) electrons. The van der Waals surface area contributed by atoms with E-state index in [1.807, 2.05) is 18.2 Å². The minimum absolute atomic E-state index is 0.0407. The number of carbonyl (C=O) groups is 2. The maximum atomic E-state index is 12.1. The SMILES string of the molecule is CN1CCN(Cc2cccc(NC(=O)CN3CSCC3=O)c2)CC1. The monoisotopic (exact) mass is 348 g/mol. The van der Waals surface area contributed by atoms with Gasteiger partial charge in [-0.25, -0.2) is 0 Å². The van der Waals surface area contributed by atoms with Crippen LogP contribution in [-0.2, 0) is 16.1 Å². The zero-order valence-electron chi connectivity index (χ0n) is 14.0. The molecule has 2 aliphatic rings. The highest BCUT2D eigenvalue weighted by Crippen LogP contribution is 2.16. The summed E-state index contributed by atoms with van der Waals surface area (Å²) in [7, 11) is 2.15. The number of hydrogen-bond donors (Lipinski definition) is 1. The van der Waals surface area contributed by atoms with Crippen molar-refractivity contribution in [1.82, 2.24) is 14.7 Å². The molecule has 0 unspecified atom stereocenters. The van der Waals surface area contributed by atoms with Gasteiger partial charge in [-0.15, -0.1) is 11.8 Å². The molecule has 1 aromatic rings. The maximum absolute atomic E-state index is 12.1. The lowest BCUT2D eigenvalue weighted by Crippen LogP contribution is -2.43. The Morgan fingerprint density at radius 3 is 2.75 bits per heavy atom. The fraction of sp³-hybridized carbons (Fsp3) is 0.529. The summed E-state index contributed by atoms with van der Waals surface area (Å²) in [6.07, 6.45) is 0. The van der Waals surface area contributed by atoms with E-state index in [4.69, 9.17) is 0 Å². The van der Waals surface area contributed by atoms with Crippen LogP contribution in [0.15, 0.2) is 24.3 Å². The summed E-state index contributed by atoms with van der Waals surface area (Å²) in [6.45, 7) is 5.37. The molecule has 7 heteroatoms. The van der Waals surface area contributed by atoms with Crippen molar-refractivity contribution in [2.24, 2.45) is 0 Å². The first-order chi connectivity index (χ1) is 11.6. The molecule has 0 bridgehead atoms. The predicted octanol–water partition coefficient (Wildman–Crippen LogP) is 0.905. The number of piperazine rings is 1. The molecule has 0 aromatic heterocycles. The molecule has 2 heterocycles. The van der Waals surface area contributed by atoms with Crippen LogP contribution in [-0.4, -0.2) is 77.9 Å². The molecule has 0 saturated carbocycles. The third kappa shape index (κ3) is 4.72. The minimum atomic E-state index is -0.136. The van der Waals surface area contributed by atoms with Gasteiger partial charge in [-0.05, 0) is 24.7 Å². The Balaban J connectivity index is 1.53. The number of thioether (sulfide) groups is 1. The second-order valence-corrected chi connectivity index (χ2v) is 7.35. The smallest absolute Gasteiger partial charge is 0.244 e. The van der Waals surface area contributed by atoms with Crippen LogP contribution in [0.4, 0.5) is 5.69 Å². The van der Waals surface area contributed by atoms with Crippen molar-refractivity contribution in [2.75, 3.05) is 56.7 Å². The van der Waals surface area contributed by atoms with Gasteiger partial charge in [-0.1, -0.05) is 12.1 Å². The van der Waals surface area contributed by atoms with E-state index < -0.39 is 0 Å². The molecule has 3 rings (SSSR count). The van der Waals surface area contributed by atoms with Gasteiger partial charge in [0.15, 0.2) is 0 Å². The molecule has 1 aromatic carbocycles. The van der Waals surface area contributed by atoms with Crippen molar-refractivity contribution in [3.63, 3.8) is 0 Å². The van der Waals surface area contributed by atoms with Crippen LogP contribution >= 0.6 is 11.8 Å². The Kier molecular flexibility index (Phi) is 5.76. The van der Waals surface area contributed by atoms with Crippen molar-refractivity contribution in [3.8, 4) is 0 Å². The number of nitrogens with one attached hydrogen (secondary N) is 1. The first-order valence-electron chi connectivity index (χ1n) is 8.25. The van der Waals surface area contributed by atoms with Gasteiger partial charge >= 0.3 is 0 Å². The standard InChI is InChI=1S/C17H24N4O2S/c1-19-5-7-20(8-6-19)10-14-3-2-4-15(9-14)18-16(22)11-21-13-24-12-17(21)23/h2-4,9H,5-8,10-13H2,1H3,(H,18,22). The topological polar surface area (TPSA) is 55.9 Å².